The molecule has 0 saturated carbocycles. The van der Waals surface area contributed by atoms with Crippen molar-refractivity contribution in [1.29, 1.82) is 0 Å². The van der Waals surface area contributed by atoms with Gasteiger partial charge in [-0.15, -0.1) is 0 Å². The number of carbonyl (C=O) groups is 1. The van der Waals surface area contributed by atoms with Gasteiger partial charge in [-0.25, -0.2) is 14.8 Å². The van der Waals surface area contributed by atoms with E-state index >= 15 is 0 Å². The topological polar surface area (TPSA) is 61.3 Å². The number of benzene rings is 1. The average Bonchev–Trinajstić information content (AvgIpc) is 2.42. The van der Waals surface area contributed by atoms with Crippen molar-refractivity contribution >= 4 is 21.9 Å². The Bertz CT molecular complexity index is 599. The molecule has 0 unspecified atom stereocenters. The van der Waals surface area contributed by atoms with Crippen molar-refractivity contribution in [2.24, 2.45) is 0 Å². The molecule has 0 amide bonds. The number of esters is 1. The number of aryl methyl sites for hydroxylation is 1. The first-order valence-corrected chi connectivity index (χ1v) is 6.24. The van der Waals surface area contributed by atoms with Gasteiger partial charge in [0.1, 0.15) is 5.75 Å². The van der Waals surface area contributed by atoms with Crippen molar-refractivity contribution in [2.45, 2.75) is 6.92 Å². The molecule has 0 bridgehead atoms. The maximum absolute atomic E-state index is 11.2. The van der Waals surface area contributed by atoms with E-state index in [4.69, 9.17) is 4.74 Å². The zero-order valence-electron chi connectivity index (χ0n) is 10.4. The van der Waals surface area contributed by atoms with E-state index in [2.05, 4.69) is 30.6 Å². The zero-order chi connectivity index (χ0) is 13.8. The molecule has 1 heterocycles. The summed E-state index contributed by atoms with van der Waals surface area (Å²) in [5, 5.41) is 0. The minimum atomic E-state index is -0.529. The van der Waals surface area contributed by atoms with Crippen molar-refractivity contribution in [2.75, 3.05) is 7.11 Å². The van der Waals surface area contributed by atoms with Gasteiger partial charge in [0.2, 0.25) is 5.88 Å². The van der Waals surface area contributed by atoms with E-state index in [-0.39, 0.29) is 5.69 Å². The first-order chi connectivity index (χ1) is 9.10. The Morgan fingerprint density at radius 3 is 2.63 bits per heavy atom. The summed E-state index contributed by atoms with van der Waals surface area (Å²) in [4.78, 5) is 19.1. The second-order valence-electron chi connectivity index (χ2n) is 3.74. The van der Waals surface area contributed by atoms with E-state index in [1.807, 2.05) is 25.1 Å². The molecule has 0 aliphatic carbocycles. The quantitative estimate of drug-likeness (QED) is 0.812. The van der Waals surface area contributed by atoms with E-state index in [1.165, 1.54) is 19.5 Å². The highest BCUT2D eigenvalue weighted by Crippen LogP contribution is 2.25. The van der Waals surface area contributed by atoms with Crippen LogP contribution in [0.3, 0.4) is 0 Å². The lowest BCUT2D eigenvalue weighted by Gasteiger charge is -2.07. The summed E-state index contributed by atoms with van der Waals surface area (Å²) in [5.74, 6) is 0.472. The fraction of sp³-hybridized carbons (Fsp3) is 0.154. The lowest BCUT2D eigenvalue weighted by atomic mass is 10.2. The third kappa shape index (κ3) is 3.29. The van der Waals surface area contributed by atoms with Crippen LogP contribution in [0.15, 0.2) is 35.1 Å². The van der Waals surface area contributed by atoms with Crippen LogP contribution >= 0.6 is 15.9 Å². The maximum Gasteiger partial charge on any atom is 0.358 e. The van der Waals surface area contributed by atoms with Crippen LogP contribution < -0.4 is 4.74 Å². The molecule has 6 heteroatoms. The van der Waals surface area contributed by atoms with E-state index in [1.54, 1.807) is 0 Å². The first-order valence-electron chi connectivity index (χ1n) is 5.44. The lowest BCUT2D eigenvalue weighted by molar-refractivity contribution is 0.0593. The highest BCUT2D eigenvalue weighted by molar-refractivity contribution is 9.10. The predicted octanol–water partition coefficient (Wildman–Crippen LogP) is 3.13. The molecule has 0 saturated heterocycles. The average molecular weight is 323 g/mol. The smallest absolute Gasteiger partial charge is 0.358 e. The molecular weight excluding hydrogens is 312 g/mol. The number of aromatic nitrogens is 2. The summed E-state index contributed by atoms with van der Waals surface area (Å²) < 4.78 is 11.1. The van der Waals surface area contributed by atoms with Gasteiger partial charge >= 0.3 is 5.97 Å². The van der Waals surface area contributed by atoms with Crippen molar-refractivity contribution < 1.29 is 14.3 Å². The van der Waals surface area contributed by atoms with Crippen molar-refractivity contribution in [3.05, 3.63) is 46.3 Å². The Labute approximate surface area is 118 Å². The fourth-order valence-corrected chi connectivity index (χ4v) is 1.89. The molecule has 0 radical (unpaired) electrons. The molecule has 0 aliphatic rings. The number of hydrogen-bond acceptors (Lipinski definition) is 5. The highest BCUT2D eigenvalue weighted by Gasteiger charge is 2.09. The molecule has 0 fully saturated rings. The zero-order valence-corrected chi connectivity index (χ0v) is 12.0. The van der Waals surface area contributed by atoms with E-state index in [0.29, 0.717) is 11.6 Å². The molecule has 5 nitrogen and oxygen atoms in total. The van der Waals surface area contributed by atoms with Crippen LogP contribution in [0.4, 0.5) is 0 Å². The van der Waals surface area contributed by atoms with Crippen molar-refractivity contribution in [3.63, 3.8) is 0 Å². The molecule has 1 aromatic heterocycles. The normalized spacial score (nSPS) is 10.1. The maximum atomic E-state index is 11.2. The molecule has 1 aromatic carbocycles. The number of hydrogen-bond donors (Lipinski definition) is 0. The van der Waals surface area contributed by atoms with Gasteiger partial charge in [-0.3, -0.25) is 0 Å². The lowest BCUT2D eigenvalue weighted by Crippen LogP contribution is -2.04. The van der Waals surface area contributed by atoms with Crippen LogP contribution in [0.25, 0.3) is 0 Å². The van der Waals surface area contributed by atoms with Crippen LogP contribution in [0, 0.1) is 6.92 Å². The predicted molar refractivity (Wildman–Crippen MR) is 72.3 cm³/mol. The fourth-order valence-electron chi connectivity index (χ4n) is 1.42. The van der Waals surface area contributed by atoms with Crippen LogP contribution in [-0.2, 0) is 4.74 Å². The number of halogens is 1. The second-order valence-corrected chi connectivity index (χ2v) is 4.66. The van der Waals surface area contributed by atoms with E-state index < -0.39 is 5.97 Å². The summed E-state index contributed by atoms with van der Waals surface area (Å²) in [6.45, 7) is 1.93. The van der Waals surface area contributed by atoms with E-state index in [0.717, 1.165) is 10.0 Å². The van der Waals surface area contributed by atoms with Crippen LogP contribution in [0.2, 0.25) is 0 Å². The number of ether oxygens (including phenoxy) is 2. The monoisotopic (exact) mass is 322 g/mol. The molecule has 98 valence electrons. The van der Waals surface area contributed by atoms with Gasteiger partial charge in [-0.05, 0) is 30.7 Å². The molecule has 0 N–H and O–H groups in total. The Kier molecular flexibility index (Phi) is 4.11. The third-order valence-corrected chi connectivity index (χ3v) is 2.87. The Morgan fingerprint density at radius 2 is 2.05 bits per heavy atom. The Morgan fingerprint density at radius 1 is 1.26 bits per heavy atom. The Hall–Kier alpha value is -1.95. The van der Waals surface area contributed by atoms with Gasteiger partial charge in [-0.1, -0.05) is 15.9 Å². The standard InChI is InChI=1S/C13H11BrN2O3/c1-8-5-9(14)3-4-11(8)19-12-7-15-10(6-16-12)13(17)18-2/h3-7H,1-2H3. The first kappa shape index (κ1) is 13.5. The number of nitrogens with zero attached hydrogens (tertiary/aromatic N) is 2. The molecular formula is C13H11BrN2O3. The SMILES string of the molecule is COC(=O)c1cnc(Oc2ccc(Br)cc2C)cn1. The van der Waals surface area contributed by atoms with Gasteiger partial charge in [0.15, 0.2) is 5.69 Å². The number of carbonyl (C=O) groups excluding carboxylic acids is 1. The molecule has 0 aliphatic heterocycles. The summed E-state index contributed by atoms with van der Waals surface area (Å²) in [7, 11) is 1.29. The Balaban J connectivity index is 2.17. The minimum absolute atomic E-state index is 0.141. The number of rotatable bonds is 3. The van der Waals surface area contributed by atoms with Gasteiger partial charge in [0.25, 0.3) is 0 Å². The largest absolute Gasteiger partial charge is 0.464 e. The highest BCUT2D eigenvalue weighted by atomic mass is 79.9. The number of methoxy groups -OCH3 is 1. The van der Waals surface area contributed by atoms with Crippen molar-refractivity contribution in [1.82, 2.24) is 9.97 Å². The van der Waals surface area contributed by atoms with Gasteiger partial charge in [0, 0.05) is 4.47 Å². The van der Waals surface area contributed by atoms with E-state index in [9.17, 15) is 4.79 Å². The van der Waals surface area contributed by atoms with Crippen molar-refractivity contribution in [3.8, 4) is 11.6 Å². The summed E-state index contributed by atoms with van der Waals surface area (Å²) >= 11 is 3.38. The summed E-state index contributed by atoms with van der Waals surface area (Å²) in [6.07, 6.45) is 2.70. The van der Waals surface area contributed by atoms with Gasteiger partial charge in [0.05, 0.1) is 19.5 Å². The molecule has 2 rings (SSSR count). The molecule has 0 atom stereocenters. The summed E-state index contributed by atoms with van der Waals surface area (Å²) in [5.41, 5.74) is 1.11. The molecule has 2 aromatic rings. The van der Waals surface area contributed by atoms with Gasteiger partial charge < -0.3 is 9.47 Å². The van der Waals surface area contributed by atoms with Crippen LogP contribution in [-0.4, -0.2) is 23.0 Å². The van der Waals surface area contributed by atoms with Crippen LogP contribution in [0.5, 0.6) is 11.6 Å². The third-order valence-electron chi connectivity index (χ3n) is 2.37. The van der Waals surface area contributed by atoms with Crippen LogP contribution in [0.1, 0.15) is 16.1 Å². The minimum Gasteiger partial charge on any atom is -0.464 e. The van der Waals surface area contributed by atoms with Gasteiger partial charge in [-0.2, -0.15) is 0 Å². The summed E-state index contributed by atoms with van der Waals surface area (Å²) in [6, 6.07) is 5.64. The molecule has 19 heavy (non-hydrogen) atoms. The molecule has 0 spiro atoms. The second kappa shape index (κ2) is 5.79.